The van der Waals surface area contributed by atoms with Crippen molar-refractivity contribution in [3.63, 3.8) is 0 Å². The van der Waals surface area contributed by atoms with E-state index in [1.807, 2.05) is 12.1 Å². The molecule has 1 fully saturated rings. The number of ether oxygens (including phenoxy) is 1. The third kappa shape index (κ3) is 3.71. The number of methoxy groups -OCH3 is 1. The van der Waals surface area contributed by atoms with Crippen LogP contribution in [0.5, 0.6) is 0 Å². The van der Waals surface area contributed by atoms with Crippen LogP contribution in [0.2, 0.25) is 5.02 Å². The highest BCUT2D eigenvalue weighted by Gasteiger charge is 2.30. The Labute approximate surface area is 115 Å². The molecule has 2 nitrogen and oxygen atoms in total. The molecule has 1 aromatic carbocycles. The Hall–Kier alpha value is -0.570. The molecule has 0 spiro atoms. The van der Waals surface area contributed by atoms with Crippen molar-refractivity contribution in [1.29, 1.82) is 0 Å². The lowest BCUT2D eigenvalue weighted by molar-refractivity contribution is 0.175. The van der Waals surface area contributed by atoms with Crippen LogP contribution < -0.4 is 5.32 Å². The molecule has 1 aliphatic carbocycles. The van der Waals surface area contributed by atoms with Crippen LogP contribution in [0.15, 0.2) is 24.3 Å². The zero-order valence-electron chi connectivity index (χ0n) is 11.2. The molecular weight excluding hydrogens is 246 g/mol. The molecule has 100 valence electrons. The van der Waals surface area contributed by atoms with E-state index in [4.69, 9.17) is 16.3 Å². The molecule has 1 aliphatic rings. The normalized spacial score (nSPS) is 24.6. The van der Waals surface area contributed by atoms with Gasteiger partial charge in [0.25, 0.3) is 0 Å². The summed E-state index contributed by atoms with van der Waals surface area (Å²) in [6.07, 6.45) is 3.52. The Morgan fingerprint density at radius 2 is 2.22 bits per heavy atom. The van der Waals surface area contributed by atoms with Crippen LogP contribution in [0.3, 0.4) is 0 Å². The van der Waals surface area contributed by atoms with E-state index in [0.717, 1.165) is 18.1 Å². The predicted octanol–water partition coefficient (Wildman–Crippen LogP) is 3.60. The van der Waals surface area contributed by atoms with E-state index in [-0.39, 0.29) is 0 Å². The maximum atomic E-state index is 6.02. The summed E-state index contributed by atoms with van der Waals surface area (Å²) in [6.45, 7) is 3.06. The fourth-order valence-electron chi connectivity index (χ4n) is 2.57. The molecule has 0 amide bonds. The summed E-state index contributed by atoms with van der Waals surface area (Å²) >= 11 is 6.02. The largest absolute Gasteiger partial charge is 0.385 e. The summed E-state index contributed by atoms with van der Waals surface area (Å²) in [5.41, 5.74) is 1.38. The predicted molar refractivity (Wildman–Crippen MR) is 76.3 cm³/mol. The zero-order chi connectivity index (χ0) is 13.0. The Morgan fingerprint density at radius 3 is 2.89 bits per heavy atom. The van der Waals surface area contributed by atoms with Gasteiger partial charge in [0.15, 0.2) is 0 Å². The van der Waals surface area contributed by atoms with Crippen LogP contribution >= 0.6 is 11.6 Å². The van der Waals surface area contributed by atoms with E-state index in [2.05, 4.69) is 24.4 Å². The van der Waals surface area contributed by atoms with E-state index in [1.54, 1.807) is 7.11 Å². The summed E-state index contributed by atoms with van der Waals surface area (Å²) < 4.78 is 5.09. The van der Waals surface area contributed by atoms with Gasteiger partial charge in [-0.3, -0.25) is 0 Å². The molecule has 0 radical (unpaired) electrons. The molecule has 0 saturated heterocycles. The van der Waals surface area contributed by atoms with Crippen molar-refractivity contribution in [2.45, 2.75) is 44.2 Å². The molecule has 1 unspecified atom stereocenters. The number of rotatable bonds is 6. The average molecular weight is 268 g/mol. The van der Waals surface area contributed by atoms with Gasteiger partial charge < -0.3 is 10.1 Å². The number of hydrogen-bond acceptors (Lipinski definition) is 2. The zero-order valence-corrected chi connectivity index (χ0v) is 11.9. The minimum atomic E-state index is 0.537. The lowest BCUT2D eigenvalue weighted by Gasteiger charge is -2.38. The first-order chi connectivity index (χ1) is 8.69. The quantitative estimate of drug-likeness (QED) is 0.850. The van der Waals surface area contributed by atoms with Gasteiger partial charge in [-0.1, -0.05) is 23.7 Å². The molecule has 0 aromatic heterocycles. The molecule has 0 heterocycles. The van der Waals surface area contributed by atoms with E-state index >= 15 is 0 Å². The molecular formula is C15H22ClNO. The Balaban J connectivity index is 1.73. The van der Waals surface area contributed by atoms with Crippen LogP contribution in [0.4, 0.5) is 0 Å². The lowest BCUT2D eigenvalue weighted by atomic mass is 9.75. The van der Waals surface area contributed by atoms with Crippen LogP contribution in [0.25, 0.3) is 0 Å². The second-order valence-electron chi connectivity index (χ2n) is 5.27. The molecule has 1 aromatic rings. The fraction of sp³-hybridized carbons (Fsp3) is 0.600. The Kier molecular flexibility index (Phi) is 5.04. The summed E-state index contributed by atoms with van der Waals surface area (Å²) in [6, 6.07) is 9.44. The minimum absolute atomic E-state index is 0.537. The first kappa shape index (κ1) is 13.9. The van der Waals surface area contributed by atoms with Crippen LogP contribution in [0.1, 0.15) is 37.7 Å². The lowest BCUT2D eigenvalue weighted by Crippen LogP contribution is -2.44. The fourth-order valence-corrected chi connectivity index (χ4v) is 2.77. The minimum Gasteiger partial charge on any atom is -0.385 e. The Bertz CT molecular complexity index is 377. The van der Waals surface area contributed by atoms with Gasteiger partial charge in [0.2, 0.25) is 0 Å². The van der Waals surface area contributed by atoms with E-state index in [9.17, 15) is 0 Å². The highest BCUT2D eigenvalue weighted by molar-refractivity contribution is 6.30. The van der Waals surface area contributed by atoms with Gasteiger partial charge >= 0.3 is 0 Å². The molecule has 0 aliphatic heterocycles. The van der Waals surface area contributed by atoms with Crippen LogP contribution in [-0.4, -0.2) is 25.8 Å². The van der Waals surface area contributed by atoms with Crippen LogP contribution in [0, 0.1) is 0 Å². The molecule has 0 bridgehead atoms. The van der Waals surface area contributed by atoms with Gasteiger partial charge in [0, 0.05) is 30.8 Å². The van der Waals surface area contributed by atoms with Gasteiger partial charge in [-0.15, -0.1) is 0 Å². The van der Waals surface area contributed by atoms with Gasteiger partial charge in [-0.25, -0.2) is 0 Å². The van der Waals surface area contributed by atoms with Crippen molar-refractivity contribution in [3.05, 3.63) is 34.9 Å². The summed E-state index contributed by atoms with van der Waals surface area (Å²) in [5.74, 6) is 0.677. The first-order valence-corrected chi connectivity index (χ1v) is 7.07. The third-order valence-corrected chi connectivity index (χ3v) is 3.97. The average Bonchev–Trinajstić information content (AvgIpc) is 2.30. The van der Waals surface area contributed by atoms with Crippen molar-refractivity contribution >= 4 is 11.6 Å². The summed E-state index contributed by atoms with van der Waals surface area (Å²) in [7, 11) is 1.76. The number of hydrogen-bond donors (Lipinski definition) is 1. The smallest absolute Gasteiger partial charge is 0.0476 e. The number of halogens is 1. The highest BCUT2D eigenvalue weighted by Crippen LogP contribution is 2.37. The number of nitrogens with one attached hydrogen (secondary N) is 1. The van der Waals surface area contributed by atoms with Crippen molar-refractivity contribution in [1.82, 2.24) is 5.32 Å². The molecule has 1 saturated carbocycles. The van der Waals surface area contributed by atoms with E-state index < -0.39 is 0 Å². The molecule has 18 heavy (non-hydrogen) atoms. The third-order valence-electron chi connectivity index (χ3n) is 3.73. The van der Waals surface area contributed by atoms with Gasteiger partial charge in [-0.05, 0) is 49.8 Å². The summed E-state index contributed by atoms with van der Waals surface area (Å²) in [4.78, 5) is 0. The molecule has 1 N–H and O–H groups in total. The van der Waals surface area contributed by atoms with Crippen molar-refractivity contribution in [2.24, 2.45) is 0 Å². The highest BCUT2D eigenvalue weighted by atomic mass is 35.5. The maximum absolute atomic E-state index is 6.02. The first-order valence-electron chi connectivity index (χ1n) is 6.69. The van der Waals surface area contributed by atoms with Gasteiger partial charge in [0.05, 0.1) is 0 Å². The number of benzene rings is 1. The SMILES string of the molecule is COCCC(C)NC1CC(c2cccc(Cl)c2)C1. The van der Waals surface area contributed by atoms with Gasteiger partial charge in [-0.2, -0.15) is 0 Å². The van der Waals surface area contributed by atoms with Crippen LogP contribution in [-0.2, 0) is 4.74 Å². The van der Waals surface area contributed by atoms with Crippen molar-refractivity contribution in [2.75, 3.05) is 13.7 Å². The second-order valence-corrected chi connectivity index (χ2v) is 5.71. The topological polar surface area (TPSA) is 21.3 Å². The maximum Gasteiger partial charge on any atom is 0.0476 e. The monoisotopic (exact) mass is 267 g/mol. The van der Waals surface area contributed by atoms with E-state index in [0.29, 0.717) is 18.0 Å². The standard InChI is InChI=1S/C15H22ClNO/c1-11(6-7-18-2)17-15-9-13(10-15)12-4-3-5-14(16)8-12/h3-5,8,11,13,15,17H,6-7,9-10H2,1-2H3. The molecule has 1 atom stereocenters. The molecule has 2 rings (SSSR count). The van der Waals surface area contributed by atoms with Gasteiger partial charge in [0.1, 0.15) is 0 Å². The second kappa shape index (κ2) is 6.55. The van der Waals surface area contributed by atoms with Crippen molar-refractivity contribution in [3.8, 4) is 0 Å². The summed E-state index contributed by atoms with van der Waals surface area (Å²) in [5, 5.41) is 4.50. The molecule has 3 heteroatoms. The van der Waals surface area contributed by atoms with Crippen molar-refractivity contribution < 1.29 is 4.74 Å². The Morgan fingerprint density at radius 1 is 1.44 bits per heavy atom. The van der Waals surface area contributed by atoms with E-state index in [1.165, 1.54) is 18.4 Å².